The largest absolute Gasteiger partial charge is 0.337 e. The number of thiophene rings is 1. The molecule has 1 aromatic heterocycles. The molecular formula is C12H16BrNOS. The van der Waals surface area contributed by atoms with E-state index in [0.717, 1.165) is 23.3 Å². The van der Waals surface area contributed by atoms with Gasteiger partial charge in [-0.2, -0.15) is 0 Å². The lowest BCUT2D eigenvalue weighted by molar-refractivity contribution is -0.128. The van der Waals surface area contributed by atoms with E-state index in [1.807, 2.05) is 11.0 Å². The Hall–Kier alpha value is -0.350. The predicted octanol–water partition coefficient (Wildman–Crippen LogP) is 3.66. The molecule has 88 valence electrons. The highest BCUT2D eigenvalue weighted by molar-refractivity contribution is 9.11. The van der Waals surface area contributed by atoms with Crippen molar-refractivity contribution in [3.8, 4) is 0 Å². The summed E-state index contributed by atoms with van der Waals surface area (Å²) in [6.07, 6.45) is 3.10. The fourth-order valence-corrected chi connectivity index (χ4v) is 3.73. The van der Waals surface area contributed by atoms with Crippen LogP contribution in [0.25, 0.3) is 0 Å². The van der Waals surface area contributed by atoms with Crippen LogP contribution in [0.1, 0.15) is 31.1 Å². The maximum absolute atomic E-state index is 11.8. The van der Waals surface area contributed by atoms with Crippen LogP contribution in [0.2, 0.25) is 0 Å². The van der Waals surface area contributed by atoms with Gasteiger partial charge in [0, 0.05) is 17.8 Å². The topological polar surface area (TPSA) is 20.3 Å². The molecule has 1 unspecified atom stereocenters. The Balaban J connectivity index is 1.93. The van der Waals surface area contributed by atoms with E-state index in [-0.39, 0.29) is 0 Å². The summed E-state index contributed by atoms with van der Waals surface area (Å²) in [6.45, 7) is 3.92. The summed E-state index contributed by atoms with van der Waals surface area (Å²) in [4.78, 5) is 15.0. The molecule has 2 nitrogen and oxygen atoms in total. The van der Waals surface area contributed by atoms with Gasteiger partial charge in [0.1, 0.15) is 0 Å². The molecule has 0 saturated carbocycles. The predicted molar refractivity (Wildman–Crippen MR) is 70.5 cm³/mol. The van der Waals surface area contributed by atoms with Gasteiger partial charge >= 0.3 is 0 Å². The van der Waals surface area contributed by atoms with Crippen LogP contribution >= 0.6 is 27.3 Å². The lowest BCUT2D eigenvalue weighted by Gasteiger charge is -2.15. The van der Waals surface area contributed by atoms with Crippen LogP contribution in [0.3, 0.4) is 0 Å². The Kier molecular flexibility index (Phi) is 4.03. The minimum Gasteiger partial charge on any atom is -0.337 e. The van der Waals surface area contributed by atoms with Crippen molar-refractivity contribution in [1.29, 1.82) is 0 Å². The van der Waals surface area contributed by atoms with Crippen molar-refractivity contribution in [3.05, 3.63) is 20.8 Å². The molecule has 1 saturated heterocycles. The Bertz CT molecular complexity index is 377. The molecule has 0 N–H and O–H groups in total. The molecule has 2 heterocycles. The molecule has 1 aliphatic heterocycles. The van der Waals surface area contributed by atoms with Gasteiger partial charge in [0.25, 0.3) is 0 Å². The molecule has 0 aromatic carbocycles. The number of likely N-dealkylation sites (tertiary alicyclic amines) is 1. The van der Waals surface area contributed by atoms with Crippen LogP contribution < -0.4 is 0 Å². The van der Waals surface area contributed by atoms with E-state index >= 15 is 0 Å². The molecule has 0 aliphatic carbocycles. The van der Waals surface area contributed by atoms with Gasteiger partial charge in [0.2, 0.25) is 5.91 Å². The normalized spacial score (nSPS) is 20.8. The highest BCUT2D eigenvalue weighted by Crippen LogP contribution is 2.27. The van der Waals surface area contributed by atoms with Crippen molar-refractivity contribution in [2.45, 2.75) is 32.7 Å². The van der Waals surface area contributed by atoms with E-state index in [1.54, 1.807) is 11.3 Å². The summed E-state index contributed by atoms with van der Waals surface area (Å²) in [7, 11) is 0. The second-order valence-corrected chi connectivity index (χ2v) is 6.89. The van der Waals surface area contributed by atoms with Crippen LogP contribution in [-0.4, -0.2) is 17.4 Å². The molecule has 0 bridgehead atoms. The molecular weight excluding hydrogens is 286 g/mol. The molecule has 1 aliphatic rings. The van der Waals surface area contributed by atoms with E-state index in [4.69, 9.17) is 0 Å². The molecule has 16 heavy (non-hydrogen) atoms. The number of hydrogen-bond acceptors (Lipinski definition) is 2. The quantitative estimate of drug-likeness (QED) is 0.831. The third-order valence-electron chi connectivity index (χ3n) is 2.97. The third-order valence-corrected chi connectivity index (χ3v) is 4.58. The lowest BCUT2D eigenvalue weighted by atomic mass is 10.0. The third kappa shape index (κ3) is 2.86. The van der Waals surface area contributed by atoms with E-state index < -0.39 is 0 Å². The summed E-state index contributed by atoms with van der Waals surface area (Å²) in [6, 6.07) is 4.14. The Morgan fingerprint density at radius 2 is 2.38 bits per heavy atom. The fraction of sp³-hybridized carbons (Fsp3) is 0.583. The van der Waals surface area contributed by atoms with Gasteiger partial charge in [-0.25, -0.2) is 0 Å². The standard InChI is InChI=1S/C12H16BrNOS/c1-2-3-9-6-12(15)14(7-9)8-10-4-5-11(13)16-10/h4-5,9H,2-3,6-8H2,1H3. The van der Waals surface area contributed by atoms with Crippen molar-refractivity contribution in [2.75, 3.05) is 6.54 Å². The first kappa shape index (κ1) is 12.1. The van der Waals surface area contributed by atoms with E-state index in [9.17, 15) is 4.79 Å². The maximum Gasteiger partial charge on any atom is 0.223 e. The molecule has 1 amide bonds. The summed E-state index contributed by atoms with van der Waals surface area (Å²) >= 11 is 5.16. The first-order valence-corrected chi connectivity index (χ1v) is 7.32. The highest BCUT2D eigenvalue weighted by Gasteiger charge is 2.28. The van der Waals surface area contributed by atoms with Crippen molar-refractivity contribution in [1.82, 2.24) is 4.90 Å². The minimum absolute atomic E-state index is 0.322. The van der Waals surface area contributed by atoms with Crippen LogP contribution in [0.15, 0.2) is 15.9 Å². The van der Waals surface area contributed by atoms with E-state index in [0.29, 0.717) is 11.8 Å². The fourth-order valence-electron chi connectivity index (χ4n) is 2.23. The van der Waals surface area contributed by atoms with Crippen LogP contribution in [0.4, 0.5) is 0 Å². The number of rotatable bonds is 4. The minimum atomic E-state index is 0.322. The average Bonchev–Trinajstić information content (AvgIpc) is 2.76. The van der Waals surface area contributed by atoms with E-state index in [2.05, 4.69) is 28.9 Å². The van der Waals surface area contributed by atoms with Gasteiger partial charge in [-0.05, 0) is 40.4 Å². The first-order chi connectivity index (χ1) is 7.69. The van der Waals surface area contributed by atoms with E-state index in [1.165, 1.54) is 17.7 Å². The highest BCUT2D eigenvalue weighted by atomic mass is 79.9. The Morgan fingerprint density at radius 1 is 1.56 bits per heavy atom. The number of nitrogens with zero attached hydrogens (tertiary/aromatic N) is 1. The first-order valence-electron chi connectivity index (χ1n) is 5.71. The zero-order chi connectivity index (χ0) is 11.5. The summed E-state index contributed by atoms with van der Waals surface area (Å²) < 4.78 is 1.14. The molecule has 2 rings (SSSR count). The summed E-state index contributed by atoms with van der Waals surface area (Å²) in [5.74, 6) is 0.906. The molecule has 4 heteroatoms. The molecule has 0 radical (unpaired) electrons. The van der Waals surface area contributed by atoms with Crippen molar-refractivity contribution in [2.24, 2.45) is 5.92 Å². The van der Waals surface area contributed by atoms with Gasteiger partial charge in [0.15, 0.2) is 0 Å². The SMILES string of the molecule is CCCC1CC(=O)N(Cc2ccc(Br)s2)C1. The second kappa shape index (κ2) is 5.32. The lowest BCUT2D eigenvalue weighted by Crippen LogP contribution is -2.24. The van der Waals surface area contributed by atoms with Crippen LogP contribution in [0.5, 0.6) is 0 Å². The number of carbonyl (C=O) groups excluding carboxylic acids is 1. The van der Waals surface area contributed by atoms with Gasteiger partial charge in [-0.1, -0.05) is 13.3 Å². The number of hydrogen-bond donors (Lipinski definition) is 0. The van der Waals surface area contributed by atoms with Gasteiger partial charge in [-0.15, -0.1) is 11.3 Å². The second-order valence-electron chi connectivity index (χ2n) is 4.34. The van der Waals surface area contributed by atoms with Gasteiger partial charge in [0.05, 0.1) is 10.3 Å². The molecule has 0 spiro atoms. The van der Waals surface area contributed by atoms with Crippen molar-refractivity contribution >= 4 is 33.2 Å². The number of halogens is 1. The summed E-state index contributed by atoms with van der Waals surface area (Å²) in [5.41, 5.74) is 0. The van der Waals surface area contributed by atoms with Crippen molar-refractivity contribution < 1.29 is 4.79 Å². The van der Waals surface area contributed by atoms with Crippen LogP contribution in [-0.2, 0) is 11.3 Å². The average molecular weight is 302 g/mol. The van der Waals surface area contributed by atoms with Gasteiger partial charge < -0.3 is 4.90 Å². The van der Waals surface area contributed by atoms with Crippen LogP contribution in [0, 0.1) is 5.92 Å². The maximum atomic E-state index is 11.8. The number of amides is 1. The zero-order valence-corrected chi connectivity index (χ0v) is 11.8. The zero-order valence-electron chi connectivity index (χ0n) is 9.41. The van der Waals surface area contributed by atoms with Gasteiger partial charge in [-0.3, -0.25) is 4.79 Å². The Morgan fingerprint density at radius 3 is 3.00 bits per heavy atom. The Labute approximate surface area is 109 Å². The van der Waals surface area contributed by atoms with Crippen molar-refractivity contribution in [3.63, 3.8) is 0 Å². The smallest absolute Gasteiger partial charge is 0.223 e. The molecule has 1 aromatic rings. The summed E-state index contributed by atoms with van der Waals surface area (Å²) in [5, 5.41) is 0. The number of carbonyl (C=O) groups is 1. The molecule has 1 fully saturated rings. The molecule has 1 atom stereocenters. The monoisotopic (exact) mass is 301 g/mol.